The second-order valence-electron chi connectivity index (χ2n) is 3.96. The molecule has 0 heterocycles. The highest BCUT2D eigenvalue weighted by atomic mass is 16.6. The number of non-ortho nitro benzene ring substituents is 1. The number of carbonyl (C=O) groups excluding carboxylic acids is 1. The Balaban J connectivity index is 2.21. The third-order valence-electron chi connectivity index (χ3n) is 2.61. The summed E-state index contributed by atoms with van der Waals surface area (Å²) in [5.74, 6) is -0.515. The molecule has 0 aromatic heterocycles. The van der Waals surface area contributed by atoms with Gasteiger partial charge < -0.3 is 5.21 Å². The molecule has 0 saturated carbocycles. The lowest BCUT2D eigenvalue weighted by molar-refractivity contribution is -0.384. The molecule has 2 aromatic carbocycles. The third-order valence-corrected chi connectivity index (χ3v) is 2.61. The van der Waals surface area contributed by atoms with Crippen molar-refractivity contribution in [2.24, 2.45) is 0 Å². The molecule has 20 heavy (non-hydrogen) atoms. The third kappa shape index (κ3) is 3.05. The normalized spacial score (nSPS) is 11.1. The van der Waals surface area contributed by atoms with Gasteiger partial charge in [-0.05, 0) is 12.1 Å². The predicted molar refractivity (Wildman–Crippen MR) is 73.2 cm³/mol. The molecule has 0 aliphatic heterocycles. The van der Waals surface area contributed by atoms with Gasteiger partial charge in [-0.1, -0.05) is 18.2 Å². The number of rotatable bonds is 4. The molecular weight excluding hydrogens is 260 g/mol. The van der Waals surface area contributed by atoms with Crippen LogP contribution >= 0.6 is 0 Å². The maximum absolute atomic E-state index is 11.8. The zero-order valence-corrected chi connectivity index (χ0v) is 10.3. The molecule has 0 spiro atoms. The van der Waals surface area contributed by atoms with Crippen LogP contribution in [0.15, 0.2) is 54.6 Å². The highest BCUT2D eigenvalue weighted by Gasteiger charge is 2.11. The van der Waals surface area contributed by atoms with E-state index >= 15 is 0 Å². The lowest BCUT2D eigenvalue weighted by Crippen LogP contribution is -2.08. The first-order valence-corrected chi connectivity index (χ1v) is 5.73. The number of para-hydroxylation sites is 1. The van der Waals surface area contributed by atoms with Crippen LogP contribution in [0.4, 0.5) is 11.4 Å². The van der Waals surface area contributed by atoms with Crippen LogP contribution in [0.5, 0.6) is 0 Å². The Hall–Kier alpha value is -3.02. The lowest BCUT2D eigenvalue weighted by atomic mass is 10.1. The molecule has 0 aliphatic rings. The van der Waals surface area contributed by atoms with Gasteiger partial charge in [0.05, 0.1) is 4.92 Å². The largest absolute Gasteiger partial charge is 0.618 e. The van der Waals surface area contributed by atoms with Gasteiger partial charge in [0.1, 0.15) is 0 Å². The molecule has 6 heteroatoms. The van der Waals surface area contributed by atoms with E-state index in [4.69, 9.17) is 0 Å². The molecule has 100 valence electrons. The molecule has 0 aliphatic carbocycles. The topological polar surface area (TPSA) is 86.3 Å². The number of nitro groups is 1. The van der Waals surface area contributed by atoms with E-state index in [1.807, 2.05) is 0 Å². The van der Waals surface area contributed by atoms with Gasteiger partial charge in [0.25, 0.3) is 5.69 Å². The Morgan fingerprint density at radius 1 is 0.900 bits per heavy atom. The number of hydrogen-bond donors (Lipinski definition) is 0. The van der Waals surface area contributed by atoms with E-state index in [0.29, 0.717) is 10.4 Å². The Morgan fingerprint density at radius 3 is 2.05 bits per heavy atom. The Morgan fingerprint density at radius 2 is 1.50 bits per heavy atom. The van der Waals surface area contributed by atoms with Crippen molar-refractivity contribution in [3.63, 3.8) is 0 Å². The number of Topliss-reactive ketones (excluding diaryl/α,β-unsaturated/α-hetero) is 1. The van der Waals surface area contributed by atoms with E-state index in [-0.39, 0.29) is 11.3 Å². The van der Waals surface area contributed by atoms with Gasteiger partial charge in [-0.3, -0.25) is 14.9 Å². The number of nitrogens with zero attached hydrogens (tertiary/aromatic N) is 2. The first-order valence-electron chi connectivity index (χ1n) is 5.73. The summed E-state index contributed by atoms with van der Waals surface area (Å²) < 4.78 is 0.462. The number of benzene rings is 2. The minimum Gasteiger partial charge on any atom is -0.618 e. The fourth-order valence-corrected chi connectivity index (χ4v) is 1.58. The van der Waals surface area contributed by atoms with Gasteiger partial charge in [0.2, 0.25) is 17.7 Å². The number of nitro benzene ring substituents is 1. The van der Waals surface area contributed by atoms with Crippen molar-refractivity contribution in [2.45, 2.75) is 0 Å². The number of carbonyl (C=O) groups is 1. The molecule has 0 saturated heterocycles. The van der Waals surface area contributed by atoms with E-state index in [2.05, 4.69) is 0 Å². The molecule has 0 amide bonds. The van der Waals surface area contributed by atoms with Crippen molar-refractivity contribution in [1.29, 1.82) is 0 Å². The number of ketones is 1. The van der Waals surface area contributed by atoms with E-state index in [0.717, 1.165) is 6.21 Å². The van der Waals surface area contributed by atoms with Crippen LogP contribution in [-0.4, -0.2) is 21.7 Å². The summed E-state index contributed by atoms with van der Waals surface area (Å²) in [6, 6.07) is 13.4. The van der Waals surface area contributed by atoms with Crippen molar-refractivity contribution in [1.82, 2.24) is 0 Å². The van der Waals surface area contributed by atoms with E-state index in [1.165, 1.54) is 24.3 Å². The molecule has 6 nitrogen and oxygen atoms in total. The van der Waals surface area contributed by atoms with Crippen LogP contribution in [0, 0.1) is 15.3 Å². The Bertz CT molecular complexity index is 663. The fraction of sp³-hybridized carbons (Fsp3) is 0. The minimum atomic E-state index is -0.554. The molecule has 0 fully saturated rings. The zero-order valence-electron chi connectivity index (χ0n) is 10.3. The van der Waals surface area contributed by atoms with Crippen LogP contribution in [0.2, 0.25) is 0 Å². The summed E-state index contributed by atoms with van der Waals surface area (Å²) in [5.41, 5.74) is 0.443. The highest BCUT2D eigenvalue weighted by molar-refractivity contribution is 6.33. The van der Waals surface area contributed by atoms with Crippen LogP contribution in [0.1, 0.15) is 10.4 Å². The van der Waals surface area contributed by atoms with Gasteiger partial charge in [-0.2, -0.15) is 4.74 Å². The summed E-state index contributed by atoms with van der Waals surface area (Å²) in [6.07, 6.45) is 0.899. The maximum atomic E-state index is 11.8. The zero-order chi connectivity index (χ0) is 14.5. The molecule has 0 unspecified atom stereocenters. The smallest absolute Gasteiger partial charge is 0.269 e. The molecule has 0 N–H and O–H groups in total. The van der Waals surface area contributed by atoms with Crippen LogP contribution in [0.25, 0.3) is 0 Å². The SMILES string of the molecule is O=C(/C=[N+](\[O-])c1ccccc1)c1ccc([N+](=O)[O-])cc1. The molecule has 0 radical (unpaired) electrons. The highest BCUT2D eigenvalue weighted by Crippen LogP contribution is 2.13. The second kappa shape index (κ2) is 5.75. The average Bonchev–Trinajstić information content (AvgIpc) is 2.48. The van der Waals surface area contributed by atoms with Gasteiger partial charge >= 0.3 is 0 Å². The number of hydrogen-bond acceptors (Lipinski definition) is 4. The minimum absolute atomic E-state index is 0.108. The summed E-state index contributed by atoms with van der Waals surface area (Å²) >= 11 is 0. The molecule has 0 atom stereocenters. The van der Waals surface area contributed by atoms with Gasteiger partial charge in [0, 0.05) is 29.8 Å². The first-order chi connectivity index (χ1) is 9.58. The standard InChI is InChI=1S/C14H10N2O4/c17-14(10-15(18)12-4-2-1-3-5-12)11-6-8-13(9-7-11)16(19)20/h1-10H/b15-10-. The summed E-state index contributed by atoms with van der Waals surface area (Å²) in [6.45, 7) is 0. The lowest BCUT2D eigenvalue weighted by Gasteiger charge is -2.01. The Labute approximate surface area is 114 Å². The van der Waals surface area contributed by atoms with Crippen molar-refractivity contribution in [2.75, 3.05) is 0 Å². The van der Waals surface area contributed by atoms with Crippen molar-refractivity contribution < 1.29 is 14.5 Å². The van der Waals surface area contributed by atoms with Crippen molar-refractivity contribution in [3.8, 4) is 0 Å². The summed E-state index contributed by atoms with van der Waals surface area (Å²) in [5, 5.41) is 22.2. The molecular formula is C14H10N2O4. The summed E-state index contributed by atoms with van der Waals surface area (Å²) in [4.78, 5) is 21.8. The van der Waals surface area contributed by atoms with E-state index < -0.39 is 10.7 Å². The molecule has 2 aromatic rings. The summed E-state index contributed by atoms with van der Waals surface area (Å²) in [7, 11) is 0. The molecule has 2 rings (SSSR count). The van der Waals surface area contributed by atoms with E-state index in [9.17, 15) is 20.1 Å². The average molecular weight is 270 g/mol. The second-order valence-corrected chi connectivity index (χ2v) is 3.96. The monoisotopic (exact) mass is 270 g/mol. The van der Waals surface area contributed by atoms with Crippen LogP contribution < -0.4 is 0 Å². The van der Waals surface area contributed by atoms with Crippen molar-refractivity contribution >= 4 is 23.4 Å². The van der Waals surface area contributed by atoms with Gasteiger partial charge in [-0.25, -0.2) is 0 Å². The maximum Gasteiger partial charge on any atom is 0.269 e. The van der Waals surface area contributed by atoms with E-state index in [1.54, 1.807) is 30.3 Å². The van der Waals surface area contributed by atoms with Gasteiger partial charge in [0.15, 0.2) is 0 Å². The molecule has 0 bridgehead atoms. The predicted octanol–water partition coefficient (Wildman–Crippen LogP) is 2.69. The van der Waals surface area contributed by atoms with Crippen LogP contribution in [0.3, 0.4) is 0 Å². The van der Waals surface area contributed by atoms with Crippen molar-refractivity contribution in [3.05, 3.63) is 75.5 Å². The first kappa shape index (κ1) is 13.4. The van der Waals surface area contributed by atoms with Crippen LogP contribution in [-0.2, 0) is 0 Å². The fourth-order valence-electron chi connectivity index (χ4n) is 1.58. The van der Waals surface area contributed by atoms with Gasteiger partial charge in [-0.15, -0.1) is 0 Å². The Kier molecular flexibility index (Phi) is 3.85. The quantitative estimate of drug-likeness (QED) is 0.213.